The molecule has 0 spiro atoms. The summed E-state index contributed by atoms with van der Waals surface area (Å²) >= 11 is 0. The Labute approximate surface area is 115 Å². The van der Waals surface area contributed by atoms with Gasteiger partial charge in [-0.1, -0.05) is 36.4 Å². The predicted octanol–water partition coefficient (Wildman–Crippen LogP) is 2.63. The molecule has 98 valence electrons. The van der Waals surface area contributed by atoms with Gasteiger partial charge >= 0.3 is 0 Å². The summed E-state index contributed by atoms with van der Waals surface area (Å²) in [5.74, 6) is 0. The quantitative estimate of drug-likeness (QED) is 0.831. The van der Waals surface area contributed by atoms with Crippen LogP contribution in [-0.2, 0) is 0 Å². The molecule has 2 aliphatic heterocycles. The fraction of sp³-hybridized carbons (Fsp3) is 0.125. The lowest BCUT2D eigenvalue weighted by atomic mass is 9.99. The molecule has 0 saturated carbocycles. The molecule has 0 fully saturated rings. The molecule has 2 aromatic carbocycles. The lowest BCUT2D eigenvalue weighted by Gasteiger charge is -2.11. The first-order valence-corrected chi connectivity index (χ1v) is 6.47. The van der Waals surface area contributed by atoms with Crippen molar-refractivity contribution in [1.29, 1.82) is 0 Å². The molecule has 0 bridgehead atoms. The third-order valence-corrected chi connectivity index (χ3v) is 3.72. The smallest absolute Gasteiger partial charge is 0.125 e. The van der Waals surface area contributed by atoms with Crippen molar-refractivity contribution in [2.75, 3.05) is 0 Å². The molecule has 2 unspecified atom stereocenters. The monoisotopic (exact) mass is 264 g/mol. The Morgan fingerprint density at radius 2 is 1.05 bits per heavy atom. The average Bonchev–Trinajstić information content (AvgIpc) is 2.98. The van der Waals surface area contributed by atoms with E-state index in [4.69, 9.17) is 0 Å². The lowest BCUT2D eigenvalue weighted by Crippen LogP contribution is -2.23. The third kappa shape index (κ3) is 1.49. The van der Waals surface area contributed by atoms with E-state index in [9.17, 15) is 10.2 Å². The van der Waals surface area contributed by atoms with Crippen molar-refractivity contribution in [3.8, 4) is 0 Å². The molecule has 2 N–H and O–H groups in total. The maximum atomic E-state index is 10.4. The van der Waals surface area contributed by atoms with Gasteiger partial charge in [-0.25, -0.2) is 9.98 Å². The van der Waals surface area contributed by atoms with Crippen LogP contribution >= 0.6 is 0 Å². The highest BCUT2D eigenvalue weighted by Crippen LogP contribution is 2.40. The average molecular weight is 264 g/mol. The van der Waals surface area contributed by atoms with E-state index in [1.54, 1.807) is 0 Å². The van der Waals surface area contributed by atoms with Crippen LogP contribution in [0.5, 0.6) is 0 Å². The molecule has 0 aromatic heterocycles. The van der Waals surface area contributed by atoms with Gasteiger partial charge in [-0.05, 0) is 12.1 Å². The summed E-state index contributed by atoms with van der Waals surface area (Å²) < 4.78 is 0. The molecule has 0 amide bonds. The summed E-state index contributed by atoms with van der Waals surface area (Å²) in [6.45, 7) is 0. The SMILES string of the molecule is OC1C(C2=Nc3ccccc3C2O)=Nc2ccccc21. The molecule has 2 aliphatic rings. The minimum atomic E-state index is -0.825. The number of hydrogen-bond donors (Lipinski definition) is 2. The Bertz CT molecular complexity index is 699. The van der Waals surface area contributed by atoms with Crippen LogP contribution in [0.3, 0.4) is 0 Å². The molecular formula is C16H12N2O2. The molecule has 2 atom stereocenters. The third-order valence-electron chi connectivity index (χ3n) is 3.72. The summed E-state index contributed by atoms with van der Waals surface area (Å²) in [5, 5.41) is 20.8. The summed E-state index contributed by atoms with van der Waals surface area (Å²) in [6, 6.07) is 14.8. The van der Waals surface area contributed by atoms with E-state index >= 15 is 0 Å². The molecule has 2 heterocycles. The molecule has 4 rings (SSSR count). The van der Waals surface area contributed by atoms with Crippen LogP contribution in [0.4, 0.5) is 11.4 Å². The Hall–Kier alpha value is -2.30. The summed E-state index contributed by atoms with van der Waals surface area (Å²) in [5.41, 5.74) is 3.87. The Balaban J connectivity index is 1.79. The second-order valence-electron chi connectivity index (χ2n) is 4.92. The lowest BCUT2D eigenvalue weighted by molar-refractivity contribution is 0.242. The normalized spacial score (nSPS) is 23.1. The van der Waals surface area contributed by atoms with Gasteiger partial charge in [0.2, 0.25) is 0 Å². The maximum Gasteiger partial charge on any atom is 0.125 e. The van der Waals surface area contributed by atoms with E-state index in [-0.39, 0.29) is 0 Å². The molecule has 0 saturated heterocycles. The second kappa shape index (κ2) is 4.10. The Morgan fingerprint density at radius 3 is 1.45 bits per heavy atom. The second-order valence-corrected chi connectivity index (χ2v) is 4.92. The van der Waals surface area contributed by atoms with Crippen molar-refractivity contribution >= 4 is 22.8 Å². The summed E-state index contributed by atoms with van der Waals surface area (Å²) in [6.07, 6.45) is -1.65. The first-order valence-electron chi connectivity index (χ1n) is 6.47. The number of para-hydroxylation sites is 2. The van der Waals surface area contributed by atoms with Gasteiger partial charge in [0.1, 0.15) is 12.2 Å². The highest BCUT2D eigenvalue weighted by molar-refractivity contribution is 6.48. The first kappa shape index (κ1) is 11.5. The number of nitrogens with zero attached hydrogens (tertiary/aromatic N) is 2. The van der Waals surface area contributed by atoms with E-state index in [1.807, 2.05) is 48.5 Å². The van der Waals surface area contributed by atoms with Gasteiger partial charge < -0.3 is 10.2 Å². The van der Waals surface area contributed by atoms with Crippen LogP contribution in [0.25, 0.3) is 0 Å². The maximum absolute atomic E-state index is 10.4. The highest BCUT2D eigenvalue weighted by atomic mass is 16.3. The van der Waals surface area contributed by atoms with E-state index in [0.29, 0.717) is 11.4 Å². The van der Waals surface area contributed by atoms with Gasteiger partial charge in [0.15, 0.2) is 0 Å². The van der Waals surface area contributed by atoms with Crippen LogP contribution in [0.2, 0.25) is 0 Å². The largest absolute Gasteiger partial charge is 0.382 e. The molecular weight excluding hydrogens is 252 g/mol. The van der Waals surface area contributed by atoms with Crippen LogP contribution in [0.15, 0.2) is 58.5 Å². The molecule has 0 aliphatic carbocycles. The number of aliphatic imine (C=N–C) groups is 2. The van der Waals surface area contributed by atoms with Gasteiger partial charge in [0.05, 0.1) is 22.8 Å². The fourth-order valence-corrected chi connectivity index (χ4v) is 2.71. The van der Waals surface area contributed by atoms with Gasteiger partial charge in [-0.2, -0.15) is 0 Å². The zero-order valence-electron chi connectivity index (χ0n) is 10.6. The van der Waals surface area contributed by atoms with Crippen molar-refractivity contribution in [1.82, 2.24) is 0 Å². The zero-order valence-corrected chi connectivity index (χ0v) is 10.6. The number of rotatable bonds is 1. The number of benzene rings is 2. The van der Waals surface area contributed by atoms with E-state index < -0.39 is 12.2 Å². The van der Waals surface area contributed by atoms with Crippen LogP contribution in [0, 0.1) is 0 Å². The fourth-order valence-electron chi connectivity index (χ4n) is 2.71. The van der Waals surface area contributed by atoms with Crippen LogP contribution in [-0.4, -0.2) is 21.6 Å². The minimum Gasteiger partial charge on any atom is -0.382 e. The molecule has 4 nitrogen and oxygen atoms in total. The number of fused-ring (bicyclic) bond motifs is 2. The topological polar surface area (TPSA) is 65.2 Å². The number of hydrogen-bond acceptors (Lipinski definition) is 4. The molecule has 20 heavy (non-hydrogen) atoms. The van der Waals surface area contributed by atoms with Crippen molar-refractivity contribution in [3.63, 3.8) is 0 Å². The predicted molar refractivity (Wildman–Crippen MR) is 77.0 cm³/mol. The van der Waals surface area contributed by atoms with Crippen molar-refractivity contribution < 1.29 is 10.2 Å². The molecule has 0 radical (unpaired) electrons. The Morgan fingerprint density at radius 1 is 0.650 bits per heavy atom. The standard InChI is InChI=1S/C16H12N2O2/c19-15-9-5-1-3-7-11(9)17-13(15)14-16(20)10-6-2-4-8-12(10)18-14/h1-8,15-16,19-20H. The van der Waals surface area contributed by atoms with E-state index in [1.165, 1.54) is 0 Å². The Kier molecular flexibility index (Phi) is 2.36. The summed E-state index contributed by atoms with van der Waals surface area (Å²) in [7, 11) is 0. The van der Waals surface area contributed by atoms with E-state index in [2.05, 4.69) is 9.98 Å². The number of aliphatic hydroxyl groups is 2. The molecule has 4 heteroatoms. The van der Waals surface area contributed by atoms with Crippen molar-refractivity contribution in [2.45, 2.75) is 12.2 Å². The zero-order chi connectivity index (χ0) is 13.7. The van der Waals surface area contributed by atoms with Gasteiger partial charge in [0.25, 0.3) is 0 Å². The number of aliphatic hydroxyl groups excluding tert-OH is 2. The molecule has 2 aromatic rings. The van der Waals surface area contributed by atoms with Crippen LogP contribution in [0.1, 0.15) is 23.3 Å². The van der Waals surface area contributed by atoms with Gasteiger partial charge in [0, 0.05) is 11.1 Å². The van der Waals surface area contributed by atoms with Crippen LogP contribution < -0.4 is 0 Å². The highest BCUT2D eigenvalue weighted by Gasteiger charge is 2.35. The first-order chi connectivity index (χ1) is 9.75. The van der Waals surface area contributed by atoms with Gasteiger partial charge in [-0.15, -0.1) is 0 Å². The minimum absolute atomic E-state index is 0.440. The van der Waals surface area contributed by atoms with Crippen molar-refractivity contribution in [3.05, 3.63) is 59.7 Å². The van der Waals surface area contributed by atoms with E-state index in [0.717, 1.165) is 22.5 Å². The van der Waals surface area contributed by atoms with Crippen molar-refractivity contribution in [2.24, 2.45) is 9.98 Å². The van der Waals surface area contributed by atoms with Gasteiger partial charge in [-0.3, -0.25) is 0 Å². The summed E-state index contributed by atoms with van der Waals surface area (Å²) in [4.78, 5) is 8.85.